The van der Waals surface area contributed by atoms with Crippen LogP contribution in [-0.4, -0.2) is 31.9 Å². The molecule has 0 atom stereocenters. The summed E-state index contributed by atoms with van der Waals surface area (Å²) < 4.78 is 10.8. The summed E-state index contributed by atoms with van der Waals surface area (Å²) in [5, 5.41) is 15.0. The summed E-state index contributed by atoms with van der Waals surface area (Å²) in [5.74, 6) is 1.66. The minimum Gasteiger partial charge on any atom is -0.408 e. The first kappa shape index (κ1) is 15.1. The highest BCUT2D eigenvalue weighted by molar-refractivity contribution is 5.51. The first-order chi connectivity index (χ1) is 11.0. The molecule has 0 amide bonds. The molecule has 3 aromatic rings. The molecule has 0 aliphatic heterocycles. The van der Waals surface area contributed by atoms with Crippen LogP contribution >= 0.6 is 0 Å². The summed E-state index contributed by atoms with van der Waals surface area (Å²) in [6.07, 6.45) is 3.95. The van der Waals surface area contributed by atoms with Gasteiger partial charge in [0.05, 0.1) is 0 Å². The zero-order chi connectivity index (χ0) is 16.3. The van der Waals surface area contributed by atoms with Crippen LogP contribution in [0.15, 0.2) is 33.5 Å². The molecule has 0 aromatic carbocycles. The summed E-state index contributed by atoms with van der Waals surface area (Å²) in [4.78, 5) is 8.36. The third-order valence-electron chi connectivity index (χ3n) is 3.07. The molecule has 23 heavy (non-hydrogen) atoms. The number of anilines is 1. The zero-order valence-electron chi connectivity index (χ0n) is 13.3. The first-order valence-corrected chi connectivity index (χ1v) is 7.33. The van der Waals surface area contributed by atoms with Gasteiger partial charge in [0, 0.05) is 36.3 Å². The molecule has 120 valence electrons. The molecule has 0 saturated heterocycles. The highest BCUT2D eigenvalue weighted by Gasteiger charge is 2.21. The Morgan fingerprint density at radius 2 is 2.09 bits per heavy atom. The highest BCUT2D eigenvalue weighted by Crippen LogP contribution is 2.21. The maximum atomic E-state index is 5.55. The molecule has 0 saturated carbocycles. The number of pyridine rings is 1. The minimum atomic E-state index is -0.169. The number of nitrogens with zero attached hydrogens (tertiary/aromatic N) is 5. The maximum Gasteiger partial charge on any atom is 0.315 e. The van der Waals surface area contributed by atoms with Crippen molar-refractivity contribution in [3.63, 3.8) is 0 Å². The summed E-state index contributed by atoms with van der Waals surface area (Å²) in [6, 6.07) is 4.10. The van der Waals surface area contributed by atoms with E-state index in [1.165, 1.54) is 0 Å². The van der Waals surface area contributed by atoms with Crippen molar-refractivity contribution in [2.24, 2.45) is 0 Å². The predicted molar refractivity (Wildman–Crippen MR) is 82.7 cm³/mol. The van der Waals surface area contributed by atoms with E-state index in [0.717, 1.165) is 5.56 Å². The van der Waals surface area contributed by atoms with Gasteiger partial charge in [-0.25, -0.2) is 0 Å². The van der Waals surface area contributed by atoms with Gasteiger partial charge in [0.2, 0.25) is 17.6 Å². The Kier molecular flexibility index (Phi) is 4.05. The lowest BCUT2D eigenvalue weighted by molar-refractivity contribution is 0.379. The zero-order valence-corrected chi connectivity index (χ0v) is 13.3. The average Bonchev–Trinajstić information content (AvgIpc) is 3.17. The fourth-order valence-electron chi connectivity index (χ4n) is 1.84. The normalized spacial score (nSPS) is 11.6. The highest BCUT2D eigenvalue weighted by atomic mass is 16.5. The van der Waals surface area contributed by atoms with E-state index in [-0.39, 0.29) is 5.41 Å². The van der Waals surface area contributed by atoms with E-state index < -0.39 is 0 Å². The number of hydrogen-bond acceptors (Lipinski definition) is 8. The molecule has 1 N–H and O–H groups in total. The molecule has 0 aliphatic rings. The SMILES string of the molecule is CC(C)(C)c1nnc(NCCc2nc(-c3cccnc3)no2)o1. The number of hydrogen-bond donors (Lipinski definition) is 1. The molecule has 0 fully saturated rings. The molecule has 0 spiro atoms. The van der Waals surface area contributed by atoms with Gasteiger partial charge in [-0.2, -0.15) is 4.98 Å². The molecule has 0 radical (unpaired) electrons. The lowest BCUT2D eigenvalue weighted by atomic mass is 9.97. The second kappa shape index (κ2) is 6.15. The van der Waals surface area contributed by atoms with Crippen LogP contribution in [-0.2, 0) is 11.8 Å². The summed E-state index contributed by atoms with van der Waals surface area (Å²) >= 11 is 0. The fraction of sp³-hybridized carbons (Fsp3) is 0.400. The van der Waals surface area contributed by atoms with Crippen LogP contribution in [0.2, 0.25) is 0 Å². The van der Waals surface area contributed by atoms with Crippen molar-refractivity contribution < 1.29 is 8.94 Å². The number of aromatic nitrogens is 5. The van der Waals surface area contributed by atoms with Crippen LogP contribution in [0.3, 0.4) is 0 Å². The van der Waals surface area contributed by atoms with Crippen LogP contribution in [0.1, 0.15) is 32.6 Å². The van der Waals surface area contributed by atoms with E-state index in [1.54, 1.807) is 12.4 Å². The summed E-state index contributed by atoms with van der Waals surface area (Å²) in [6.45, 7) is 6.61. The topological polar surface area (TPSA) is 103 Å². The standard InChI is InChI=1S/C15H18N6O2/c1-15(2,3)13-19-20-14(22-13)17-8-6-11-18-12(21-23-11)10-5-4-7-16-9-10/h4-5,7,9H,6,8H2,1-3H3,(H,17,20). The molecular weight excluding hydrogens is 296 g/mol. The number of nitrogens with one attached hydrogen (secondary N) is 1. The Bertz CT molecular complexity index is 760. The van der Waals surface area contributed by atoms with Crippen LogP contribution in [0.25, 0.3) is 11.4 Å². The van der Waals surface area contributed by atoms with E-state index in [1.807, 2.05) is 32.9 Å². The Labute approximate surface area is 133 Å². The molecule has 3 rings (SSSR count). The van der Waals surface area contributed by atoms with Gasteiger partial charge < -0.3 is 14.3 Å². The minimum absolute atomic E-state index is 0.169. The monoisotopic (exact) mass is 314 g/mol. The molecule has 0 aliphatic carbocycles. The van der Waals surface area contributed by atoms with E-state index in [2.05, 4.69) is 30.6 Å². The third kappa shape index (κ3) is 3.71. The Morgan fingerprint density at radius 3 is 2.78 bits per heavy atom. The second-order valence-corrected chi connectivity index (χ2v) is 6.09. The molecule has 0 bridgehead atoms. The predicted octanol–water partition coefficient (Wildman–Crippen LogP) is 2.47. The van der Waals surface area contributed by atoms with Crippen LogP contribution in [0.4, 0.5) is 6.01 Å². The van der Waals surface area contributed by atoms with Gasteiger partial charge in [-0.3, -0.25) is 4.98 Å². The van der Waals surface area contributed by atoms with E-state index in [0.29, 0.717) is 36.6 Å². The largest absolute Gasteiger partial charge is 0.408 e. The molecule has 8 heteroatoms. The molecule has 8 nitrogen and oxygen atoms in total. The molecule has 3 aromatic heterocycles. The van der Waals surface area contributed by atoms with Crippen molar-refractivity contribution in [3.05, 3.63) is 36.3 Å². The Morgan fingerprint density at radius 1 is 1.22 bits per heavy atom. The van der Waals surface area contributed by atoms with Crippen LogP contribution < -0.4 is 5.32 Å². The van der Waals surface area contributed by atoms with E-state index in [4.69, 9.17) is 8.94 Å². The van der Waals surface area contributed by atoms with Gasteiger partial charge in [0.25, 0.3) is 0 Å². The Balaban J connectivity index is 1.55. The van der Waals surface area contributed by atoms with Crippen molar-refractivity contribution >= 4 is 6.01 Å². The van der Waals surface area contributed by atoms with E-state index >= 15 is 0 Å². The first-order valence-electron chi connectivity index (χ1n) is 7.33. The van der Waals surface area contributed by atoms with Crippen molar-refractivity contribution in [2.45, 2.75) is 32.6 Å². The van der Waals surface area contributed by atoms with Gasteiger partial charge >= 0.3 is 6.01 Å². The second-order valence-electron chi connectivity index (χ2n) is 6.09. The van der Waals surface area contributed by atoms with Gasteiger partial charge in [0.15, 0.2) is 0 Å². The fourth-order valence-corrected chi connectivity index (χ4v) is 1.84. The van der Waals surface area contributed by atoms with Crippen LogP contribution in [0.5, 0.6) is 0 Å². The average molecular weight is 314 g/mol. The lowest BCUT2D eigenvalue weighted by Gasteiger charge is -2.10. The summed E-state index contributed by atoms with van der Waals surface area (Å²) in [7, 11) is 0. The van der Waals surface area contributed by atoms with Gasteiger partial charge in [-0.1, -0.05) is 31.0 Å². The smallest absolute Gasteiger partial charge is 0.315 e. The van der Waals surface area contributed by atoms with Gasteiger partial charge in [0.1, 0.15) is 0 Å². The maximum absolute atomic E-state index is 5.55. The third-order valence-corrected chi connectivity index (χ3v) is 3.07. The van der Waals surface area contributed by atoms with Gasteiger partial charge in [-0.05, 0) is 12.1 Å². The quantitative estimate of drug-likeness (QED) is 0.766. The molecule has 0 unspecified atom stereocenters. The molecular formula is C15H18N6O2. The van der Waals surface area contributed by atoms with Crippen molar-refractivity contribution in [1.29, 1.82) is 0 Å². The van der Waals surface area contributed by atoms with Gasteiger partial charge in [-0.15, -0.1) is 5.10 Å². The van der Waals surface area contributed by atoms with Crippen LogP contribution in [0, 0.1) is 0 Å². The number of rotatable bonds is 5. The molecule has 3 heterocycles. The van der Waals surface area contributed by atoms with E-state index in [9.17, 15) is 0 Å². The Hall–Kier alpha value is -2.77. The van der Waals surface area contributed by atoms with Crippen molar-refractivity contribution in [3.8, 4) is 11.4 Å². The lowest BCUT2D eigenvalue weighted by Crippen LogP contribution is -2.11. The summed E-state index contributed by atoms with van der Waals surface area (Å²) in [5.41, 5.74) is 0.653. The van der Waals surface area contributed by atoms with Crippen molar-refractivity contribution in [2.75, 3.05) is 11.9 Å². The van der Waals surface area contributed by atoms with Crippen molar-refractivity contribution in [1.82, 2.24) is 25.3 Å².